The Morgan fingerprint density at radius 3 is 2.75 bits per heavy atom. The molecule has 0 aliphatic carbocycles. The normalized spacial score (nSPS) is 11.8. The van der Waals surface area contributed by atoms with Crippen LogP contribution in [0.25, 0.3) is 5.65 Å². The maximum absolute atomic E-state index is 12.3. The summed E-state index contributed by atoms with van der Waals surface area (Å²) in [4.78, 5) is 0.254. The average Bonchev–Trinajstić information content (AvgIpc) is 2.97. The maximum Gasteiger partial charge on any atom is 0.240 e. The quantitative estimate of drug-likeness (QED) is 0.690. The standard InChI is InChI=1S/C15H18N6O2S/c1-11-4-3-5-12(10-11)24(22,23)17-9-8-15-19-18-14-7-6-13(16-2)20-21(14)15/h3-7,10,17H,8-9H2,1-2H3,(H,16,20). The summed E-state index contributed by atoms with van der Waals surface area (Å²) in [7, 11) is -1.77. The molecule has 0 saturated carbocycles. The molecule has 0 aliphatic rings. The molecule has 8 nitrogen and oxygen atoms in total. The minimum absolute atomic E-state index is 0.211. The predicted molar refractivity (Wildman–Crippen MR) is 90.4 cm³/mol. The van der Waals surface area contributed by atoms with Gasteiger partial charge >= 0.3 is 0 Å². The monoisotopic (exact) mass is 346 g/mol. The molecule has 0 spiro atoms. The number of fused-ring (bicyclic) bond motifs is 1. The Bertz CT molecular complexity index is 967. The van der Waals surface area contributed by atoms with Gasteiger partial charge in [-0.25, -0.2) is 13.1 Å². The fourth-order valence-electron chi connectivity index (χ4n) is 2.29. The number of anilines is 1. The number of hydrogen-bond donors (Lipinski definition) is 2. The molecule has 24 heavy (non-hydrogen) atoms. The molecule has 0 radical (unpaired) electrons. The Kier molecular flexibility index (Phi) is 4.45. The molecule has 0 atom stereocenters. The summed E-state index contributed by atoms with van der Waals surface area (Å²) < 4.78 is 28.8. The first-order valence-electron chi connectivity index (χ1n) is 7.45. The number of benzene rings is 1. The summed E-state index contributed by atoms with van der Waals surface area (Å²) in [5.74, 6) is 1.28. The van der Waals surface area contributed by atoms with Gasteiger partial charge in [-0.2, -0.15) is 4.52 Å². The van der Waals surface area contributed by atoms with E-state index in [0.717, 1.165) is 5.56 Å². The average molecular weight is 346 g/mol. The van der Waals surface area contributed by atoms with Gasteiger partial charge in [0.05, 0.1) is 4.90 Å². The van der Waals surface area contributed by atoms with E-state index in [1.807, 2.05) is 13.0 Å². The summed E-state index contributed by atoms with van der Waals surface area (Å²) in [5, 5.41) is 15.4. The third-order valence-corrected chi connectivity index (χ3v) is 4.98. The fraction of sp³-hybridized carbons (Fsp3) is 0.267. The zero-order valence-electron chi connectivity index (χ0n) is 13.4. The highest BCUT2D eigenvalue weighted by atomic mass is 32.2. The van der Waals surface area contributed by atoms with E-state index in [0.29, 0.717) is 23.7 Å². The molecular formula is C15H18N6O2S. The van der Waals surface area contributed by atoms with Gasteiger partial charge in [0.1, 0.15) is 5.82 Å². The Balaban J connectivity index is 1.72. The zero-order valence-corrected chi connectivity index (χ0v) is 14.2. The molecular weight excluding hydrogens is 328 g/mol. The molecule has 3 aromatic rings. The van der Waals surface area contributed by atoms with Gasteiger partial charge in [0, 0.05) is 20.0 Å². The molecule has 126 valence electrons. The van der Waals surface area contributed by atoms with Crippen LogP contribution in [0.2, 0.25) is 0 Å². The van der Waals surface area contributed by atoms with Gasteiger partial charge in [0.25, 0.3) is 0 Å². The van der Waals surface area contributed by atoms with Crippen LogP contribution in [0.3, 0.4) is 0 Å². The molecule has 0 bridgehead atoms. The molecule has 2 aromatic heterocycles. The Morgan fingerprint density at radius 2 is 2.00 bits per heavy atom. The number of aromatic nitrogens is 4. The molecule has 0 saturated heterocycles. The molecule has 0 amide bonds. The van der Waals surface area contributed by atoms with Crippen molar-refractivity contribution in [3.8, 4) is 0 Å². The molecule has 9 heteroatoms. The van der Waals surface area contributed by atoms with Gasteiger partial charge in [-0.3, -0.25) is 0 Å². The van der Waals surface area contributed by atoms with Gasteiger partial charge in [0.15, 0.2) is 11.5 Å². The van der Waals surface area contributed by atoms with Crippen molar-refractivity contribution in [2.75, 3.05) is 18.9 Å². The topological polar surface area (TPSA) is 101 Å². The van der Waals surface area contributed by atoms with Gasteiger partial charge in [-0.1, -0.05) is 12.1 Å². The molecule has 1 aromatic carbocycles. The number of aryl methyl sites for hydroxylation is 1. The van der Waals surface area contributed by atoms with Crippen molar-refractivity contribution in [2.45, 2.75) is 18.2 Å². The molecule has 3 rings (SSSR count). The van der Waals surface area contributed by atoms with E-state index < -0.39 is 10.0 Å². The number of hydrogen-bond acceptors (Lipinski definition) is 6. The van der Waals surface area contributed by atoms with Crippen molar-refractivity contribution in [1.29, 1.82) is 0 Å². The van der Waals surface area contributed by atoms with E-state index in [1.165, 1.54) is 0 Å². The lowest BCUT2D eigenvalue weighted by atomic mass is 10.2. The minimum Gasteiger partial charge on any atom is -0.372 e. The van der Waals surface area contributed by atoms with Crippen LogP contribution in [0.5, 0.6) is 0 Å². The molecule has 2 heterocycles. The van der Waals surface area contributed by atoms with Gasteiger partial charge in [-0.15, -0.1) is 15.3 Å². The number of rotatable bonds is 6. The van der Waals surface area contributed by atoms with Crippen LogP contribution in [-0.4, -0.2) is 41.8 Å². The van der Waals surface area contributed by atoms with Crippen LogP contribution in [0.15, 0.2) is 41.3 Å². The predicted octanol–water partition coefficient (Wildman–Crippen LogP) is 0.995. The highest BCUT2D eigenvalue weighted by Gasteiger charge is 2.14. The summed E-state index contributed by atoms with van der Waals surface area (Å²) in [6.45, 7) is 2.06. The number of sulfonamides is 1. The van der Waals surface area contributed by atoms with Crippen molar-refractivity contribution in [2.24, 2.45) is 0 Å². The van der Waals surface area contributed by atoms with E-state index in [4.69, 9.17) is 0 Å². The van der Waals surface area contributed by atoms with Crippen molar-refractivity contribution >= 4 is 21.5 Å². The highest BCUT2D eigenvalue weighted by Crippen LogP contribution is 2.11. The Morgan fingerprint density at radius 1 is 1.17 bits per heavy atom. The molecule has 0 fully saturated rings. The lowest BCUT2D eigenvalue weighted by molar-refractivity contribution is 0.580. The number of nitrogens with zero attached hydrogens (tertiary/aromatic N) is 4. The smallest absolute Gasteiger partial charge is 0.240 e. The third-order valence-electron chi connectivity index (χ3n) is 3.52. The van der Waals surface area contributed by atoms with Crippen LogP contribution in [0.1, 0.15) is 11.4 Å². The first-order valence-corrected chi connectivity index (χ1v) is 8.93. The molecule has 0 unspecified atom stereocenters. The molecule has 2 N–H and O–H groups in total. The lowest BCUT2D eigenvalue weighted by Crippen LogP contribution is -2.26. The summed E-state index contributed by atoms with van der Waals surface area (Å²) >= 11 is 0. The van der Waals surface area contributed by atoms with Crippen molar-refractivity contribution < 1.29 is 8.42 Å². The van der Waals surface area contributed by atoms with E-state index in [2.05, 4.69) is 25.3 Å². The van der Waals surface area contributed by atoms with Crippen molar-refractivity contribution in [3.05, 3.63) is 47.8 Å². The Hall–Kier alpha value is -2.52. The summed E-state index contributed by atoms with van der Waals surface area (Å²) in [6.07, 6.45) is 0.381. The van der Waals surface area contributed by atoms with Crippen LogP contribution in [-0.2, 0) is 16.4 Å². The van der Waals surface area contributed by atoms with E-state index in [9.17, 15) is 8.42 Å². The van der Waals surface area contributed by atoms with Crippen LogP contribution in [0, 0.1) is 6.92 Å². The van der Waals surface area contributed by atoms with Crippen LogP contribution < -0.4 is 10.0 Å². The summed E-state index contributed by atoms with van der Waals surface area (Å²) in [5.41, 5.74) is 1.51. The summed E-state index contributed by atoms with van der Waals surface area (Å²) in [6, 6.07) is 10.4. The van der Waals surface area contributed by atoms with E-state index >= 15 is 0 Å². The van der Waals surface area contributed by atoms with Crippen LogP contribution in [0.4, 0.5) is 5.82 Å². The first kappa shape index (κ1) is 16.3. The van der Waals surface area contributed by atoms with Gasteiger partial charge < -0.3 is 5.32 Å². The SMILES string of the molecule is CNc1ccc2nnc(CCNS(=O)(=O)c3cccc(C)c3)n2n1. The van der Waals surface area contributed by atoms with E-state index in [-0.39, 0.29) is 11.4 Å². The minimum atomic E-state index is -3.54. The Labute approximate surface area is 140 Å². The van der Waals surface area contributed by atoms with E-state index in [1.54, 1.807) is 41.9 Å². The second-order valence-corrected chi connectivity index (χ2v) is 7.09. The third kappa shape index (κ3) is 3.36. The first-order chi connectivity index (χ1) is 11.5. The lowest BCUT2D eigenvalue weighted by Gasteiger charge is -2.07. The second-order valence-electron chi connectivity index (χ2n) is 5.32. The second kappa shape index (κ2) is 6.54. The van der Waals surface area contributed by atoms with Gasteiger partial charge in [0.2, 0.25) is 10.0 Å². The van der Waals surface area contributed by atoms with Crippen molar-refractivity contribution in [3.63, 3.8) is 0 Å². The van der Waals surface area contributed by atoms with Crippen LogP contribution >= 0.6 is 0 Å². The number of nitrogens with one attached hydrogen (secondary N) is 2. The maximum atomic E-state index is 12.3. The molecule has 0 aliphatic heterocycles. The van der Waals surface area contributed by atoms with Crippen molar-refractivity contribution in [1.82, 2.24) is 24.5 Å². The largest absolute Gasteiger partial charge is 0.372 e. The zero-order chi connectivity index (χ0) is 17.2. The van der Waals surface area contributed by atoms with Gasteiger partial charge in [-0.05, 0) is 36.8 Å². The fourth-order valence-corrected chi connectivity index (χ4v) is 3.42. The highest BCUT2D eigenvalue weighted by molar-refractivity contribution is 7.89.